The molecule has 1 aromatic rings. The minimum Gasteiger partial charge on any atom is -0.383 e. The summed E-state index contributed by atoms with van der Waals surface area (Å²) in [6, 6.07) is 1.97. The number of rotatable bonds is 10. The number of ether oxygens (including phenoxy) is 2. The van der Waals surface area contributed by atoms with Gasteiger partial charge >= 0.3 is 0 Å². The van der Waals surface area contributed by atoms with Crippen molar-refractivity contribution in [2.24, 2.45) is 5.92 Å². The molecular formula is C15H28N4O2. The molecule has 1 aromatic heterocycles. The second-order valence-corrected chi connectivity index (χ2v) is 5.25. The van der Waals surface area contributed by atoms with E-state index >= 15 is 0 Å². The van der Waals surface area contributed by atoms with E-state index in [9.17, 15) is 0 Å². The van der Waals surface area contributed by atoms with Crippen molar-refractivity contribution in [1.29, 1.82) is 0 Å². The smallest absolute Gasteiger partial charge is 0.158 e. The van der Waals surface area contributed by atoms with Crippen LogP contribution in [0.5, 0.6) is 0 Å². The lowest BCUT2D eigenvalue weighted by Gasteiger charge is -2.26. The molecule has 1 heterocycles. The van der Waals surface area contributed by atoms with Crippen LogP contribution in [0.1, 0.15) is 26.6 Å². The fourth-order valence-corrected chi connectivity index (χ4v) is 1.97. The van der Waals surface area contributed by atoms with Crippen LogP contribution in [0.4, 0.5) is 11.6 Å². The van der Waals surface area contributed by atoms with E-state index in [4.69, 9.17) is 9.47 Å². The third kappa shape index (κ3) is 6.27. The van der Waals surface area contributed by atoms with E-state index in [2.05, 4.69) is 34.0 Å². The third-order valence-electron chi connectivity index (χ3n) is 2.93. The van der Waals surface area contributed by atoms with Gasteiger partial charge in [-0.05, 0) is 12.8 Å². The molecule has 1 rings (SSSR count). The first-order valence-corrected chi connectivity index (χ1v) is 7.48. The highest BCUT2D eigenvalue weighted by atomic mass is 16.5. The molecule has 0 bridgehead atoms. The lowest BCUT2D eigenvalue weighted by atomic mass is 10.2. The first-order chi connectivity index (χ1) is 10.1. The Kier molecular flexibility index (Phi) is 8.00. The van der Waals surface area contributed by atoms with Gasteiger partial charge in [0.25, 0.3) is 0 Å². The average Bonchev–Trinajstić information content (AvgIpc) is 2.48. The maximum Gasteiger partial charge on any atom is 0.158 e. The SMILES string of the molecule is CCOCc1nc(NC)cc(N(CCOC)CC(C)C)n1. The molecule has 6 nitrogen and oxygen atoms in total. The first kappa shape index (κ1) is 17.7. The van der Waals surface area contributed by atoms with Crippen LogP contribution in [0.25, 0.3) is 0 Å². The van der Waals surface area contributed by atoms with Crippen molar-refractivity contribution in [2.75, 3.05) is 50.7 Å². The molecule has 0 amide bonds. The van der Waals surface area contributed by atoms with Gasteiger partial charge in [-0.25, -0.2) is 9.97 Å². The molecule has 6 heteroatoms. The highest BCUT2D eigenvalue weighted by Crippen LogP contribution is 2.17. The van der Waals surface area contributed by atoms with Gasteiger partial charge in [-0.2, -0.15) is 0 Å². The van der Waals surface area contributed by atoms with Crippen LogP contribution >= 0.6 is 0 Å². The molecule has 1 N–H and O–H groups in total. The van der Waals surface area contributed by atoms with Crippen molar-refractivity contribution >= 4 is 11.6 Å². The number of nitrogens with one attached hydrogen (secondary N) is 1. The second kappa shape index (κ2) is 9.52. The molecule has 0 aliphatic carbocycles. The summed E-state index contributed by atoms with van der Waals surface area (Å²) in [5.41, 5.74) is 0. The van der Waals surface area contributed by atoms with E-state index in [-0.39, 0.29) is 0 Å². The fourth-order valence-electron chi connectivity index (χ4n) is 1.97. The van der Waals surface area contributed by atoms with Crippen LogP contribution in [0.15, 0.2) is 6.07 Å². The first-order valence-electron chi connectivity index (χ1n) is 7.48. The zero-order chi connectivity index (χ0) is 15.7. The largest absolute Gasteiger partial charge is 0.383 e. The molecule has 0 atom stereocenters. The summed E-state index contributed by atoms with van der Waals surface area (Å²) in [5, 5.41) is 3.08. The molecule has 21 heavy (non-hydrogen) atoms. The molecule has 0 spiro atoms. The Labute approximate surface area is 127 Å². The number of hydrogen-bond acceptors (Lipinski definition) is 6. The second-order valence-electron chi connectivity index (χ2n) is 5.25. The molecular weight excluding hydrogens is 268 g/mol. The predicted octanol–water partition coefficient (Wildman–Crippen LogP) is 2.16. The number of hydrogen-bond donors (Lipinski definition) is 1. The molecule has 0 fully saturated rings. The summed E-state index contributed by atoms with van der Waals surface area (Å²) >= 11 is 0. The van der Waals surface area contributed by atoms with Gasteiger partial charge in [0.15, 0.2) is 5.82 Å². The lowest BCUT2D eigenvalue weighted by molar-refractivity contribution is 0.128. The summed E-state index contributed by atoms with van der Waals surface area (Å²) in [6.07, 6.45) is 0. The molecule has 0 saturated heterocycles. The quantitative estimate of drug-likeness (QED) is 0.714. The van der Waals surface area contributed by atoms with Gasteiger partial charge < -0.3 is 19.7 Å². The van der Waals surface area contributed by atoms with Crippen LogP contribution in [-0.4, -0.2) is 50.4 Å². The van der Waals surface area contributed by atoms with E-state index in [0.717, 1.165) is 24.7 Å². The van der Waals surface area contributed by atoms with Crippen LogP contribution in [0.3, 0.4) is 0 Å². The monoisotopic (exact) mass is 296 g/mol. The molecule has 0 aliphatic heterocycles. The Bertz CT molecular complexity index is 413. The minimum atomic E-state index is 0.429. The van der Waals surface area contributed by atoms with Crippen molar-refractivity contribution in [3.8, 4) is 0 Å². The lowest BCUT2D eigenvalue weighted by Crippen LogP contribution is -2.32. The highest BCUT2D eigenvalue weighted by Gasteiger charge is 2.13. The van der Waals surface area contributed by atoms with Crippen molar-refractivity contribution in [1.82, 2.24) is 9.97 Å². The number of aromatic nitrogens is 2. The summed E-state index contributed by atoms with van der Waals surface area (Å²) in [6.45, 7) is 9.85. The Morgan fingerprint density at radius 1 is 1.33 bits per heavy atom. The summed E-state index contributed by atoms with van der Waals surface area (Å²) in [7, 11) is 3.57. The standard InChI is InChI=1S/C15H28N4O2/c1-6-21-11-14-17-13(16-4)9-15(18-14)19(7-8-20-5)10-12(2)3/h9,12H,6-8,10-11H2,1-5H3,(H,16,17,18). The molecule has 120 valence electrons. The van der Waals surface area contributed by atoms with Crippen molar-refractivity contribution in [2.45, 2.75) is 27.4 Å². The highest BCUT2D eigenvalue weighted by molar-refractivity contribution is 5.49. The number of nitrogens with zero attached hydrogens (tertiary/aromatic N) is 3. The molecule has 0 unspecified atom stereocenters. The van der Waals surface area contributed by atoms with E-state index in [1.165, 1.54) is 0 Å². The zero-order valence-electron chi connectivity index (χ0n) is 13.8. The summed E-state index contributed by atoms with van der Waals surface area (Å²) in [5.74, 6) is 2.96. The Morgan fingerprint density at radius 3 is 2.67 bits per heavy atom. The summed E-state index contributed by atoms with van der Waals surface area (Å²) in [4.78, 5) is 11.3. The Balaban J connectivity index is 2.97. The van der Waals surface area contributed by atoms with Gasteiger partial charge in [0.05, 0.1) is 6.61 Å². The summed E-state index contributed by atoms with van der Waals surface area (Å²) < 4.78 is 10.6. The molecule has 0 radical (unpaired) electrons. The van der Waals surface area contributed by atoms with Gasteiger partial charge in [-0.1, -0.05) is 13.8 Å². The number of anilines is 2. The Morgan fingerprint density at radius 2 is 2.10 bits per heavy atom. The van der Waals surface area contributed by atoms with E-state index in [1.807, 2.05) is 20.0 Å². The topological polar surface area (TPSA) is 59.5 Å². The third-order valence-corrected chi connectivity index (χ3v) is 2.93. The molecule has 0 saturated carbocycles. The molecule has 0 aromatic carbocycles. The van der Waals surface area contributed by atoms with E-state index in [1.54, 1.807) is 7.11 Å². The fraction of sp³-hybridized carbons (Fsp3) is 0.733. The average molecular weight is 296 g/mol. The van der Waals surface area contributed by atoms with Crippen molar-refractivity contribution < 1.29 is 9.47 Å². The maximum atomic E-state index is 5.42. The van der Waals surface area contributed by atoms with Gasteiger partial charge in [0, 0.05) is 39.9 Å². The van der Waals surface area contributed by atoms with Crippen molar-refractivity contribution in [3.63, 3.8) is 0 Å². The maximum absolute atomic E-state index is 5.42. The van der Waals surface area contributed by atoms with Gasteiger partial charge in [0.1, 0.15) is 18.2 Å². The van der Waals surface area contributed by atoms with Crippen LogP contribution < -0.4 is 10.2 Å². The van der Waals surface area contributed by atoms with Crippen molar-refractivity contribution in [3.05, 3.63) is 11.9 Å². The minimum absolute atomic E-state index is 0.429. The zero-order valence-corrected chi connectivity index (χ0v) is 13.8. The van der Waals surface area contributed by atoms with E-state index in [0.29, 0.717) is 31.6 Å². The Hall–Kier alpha value is -1.40. The van der Waals surface area contributed by atoms with E-state index < -0.39 is 0 Å². The van der Waals surface area contributed by atoms with Crippen LogP contribution in [-0.2, 0) is 16.1 Å². The van der Waals surface area contributed by atoms with Crippen LogP contribution in [0.2, 0.25) is 0 Å². The van der Waals surface area contributed by atoms with Crippen LogP contribution in [0, 0.1) is 5.92 Å². The molecule has 0 aliphatic rings. The van der Waals surface area contributed by atoms with Gasteiger partial charge in [-0.15, -0.1) is 0 Å². The normalized spacial score (nSPS) is 11.0. The van der Waals surface area contributed by atoms with Gasteiger partial charge in [-0.3, -0.25) is 0 Å². The number of methoxy groups -OCH3 is 1. The predicted molar refractivity (Wildman–Crippen MR) is 85.8 cm³/mol. The van der Waals surface area contributed by atoms with Gasteiger partial charge in [0.2, 0.25) is 0 Å².